The number of nitrogens with zero attached hydrogens (tertiary/aromatic N) is 5. The number of fused-ring (bicyclic) bond motifs is 1. The summed E-state index contributed by atoms with van der Waals surface area (Å²) in [5, 5.41) is 14.1. The van der Waals surface area contributed by atoms with E-state index in [1.165, 1.54) is 19.3 Å². The average Bonchev–Trinajstić information content (AvgIpc) is 3.52. The molecule has 2 fully saturated rings. The van der Waals surface area contributed by atoms with Crippen LogP contribution in [0.5, 0.6) is 0 Å². The second-order valence-electron chi connectivity index (χ2n) is 10.7. The molecule has 1 aliphatic heterocycles. The third-order valence-electron chi connectivity index (χ3n) is 7.69. The normalized spacial score (nSPS) is 20.3. The number of ether oxygens (including phenoxy) is 1. The summed E-state index contributed by atoms with van der Waals surface area (Å²) < 4.78 is 7.83. The molecule has 5 rings (SSSR count). The standard InChI is InChI=1S/C27H38N6O2/c1-18(2)25(26-29-30-31-33(26)17-23-10-7-13-35-23)32(22-8-5-4-6-9-22)16-21-15-20-12-11-19(3)14-24(20)28-27(21)34/h11-12,14-15,18,22-23,25H,4-10,13,16-17H2,1-3H3,(H,28,34)/t23-,25-/m0/s1. The summed E-state index contributed by atoms with van der Waals surface area (Å²) in [6.45, 7) is 8.59. The van der Waals surface area contributed by atoms with E-state index in [-0.39, 0.29) is 23.6 Å². The summed E-state index contributed by atoms with van der Waals surface area (Å²) in [5.41, 5.74) is 2.83. The summed E-state index contributed by atoms with van der Waals surface area (Å²) in [6.07, 6.45) is 8.31. The van der Waals surface area contributed by atoms with Gasteiger partial charge in [-0.3, -0.25) is 9.69 Å². The second kappa shape index (κ2) is 10.6. The Morgan fingerprint density at radius 1 is 1.14 bits per heavy atom. The molecule has 0 amide bonds. The fourth-order valence-corrected chi connectivity index (χ4v) is 5.91. The number of benzene rings is 1. The summed E-state index contributed by atoms with van der Waals surface area (Å²) in [6, 6.07) is 8.71. The summed E-state index contributed by atoms with van der Waals surface area (Å²) in [5.74, 6) is 1.17. The fraction of sp³-hybridized carbons (Fsp3) is 0.630. The zero-order valence-electron chi connectivity index (χ0n) is 21.2. The Bertz CT molecular complexity index is 1190. The molecule has 35 heavy (non-hydrogen) atoms. The van der Waals surface area contributed by atoms with E-state index in [1.54, 1.807) is 0 Å². The molecular formula is C27H38N6O2. The largest absolute Gasteiger partial charge is 0.376 e. The van der Waals surface area contributed by atoms with E-state index in [4.69, 9.17) is 4.74 Å². The highest BCUT2D eigenvalue weighted by atomic mass is 16.5. The molecule has 8 nitrogen and oxygen atoms in total. The Kier molecular flexibility index (Phi) is 7.29. The molecule has 3 heterocycles. The van der Waals surface area contributed by atoms with E-state index < -0.39 is 0 Å². The number of rotatable bonds is 8. The van der Waals surface area contributed by atoms with Crippen LogP contribution < -0.4 is 5.56 Å². The van der Waals surface area contributed by atoms with Crippen molar-refractivity contribution < 1.29 is 4.74 Å². The number of hydrogen-bond acceptors (Lipinski definition) is 6. The number of aryl methyl sites for hydroxylation is 1. The van der Waals surface area contributed by atoms with Crippen molar-refractivity contribution in [3.63, 3.8) is 0 Å². The zero-order valence-corrected chi connectivity index (χ0v) is 21.2. The lowest BCUT2D eigenvalue weighted by Crippen LogP contribution is -2.43. The first-order valence-corrected chi connectivity index (χ1v) is 13.3. The Morgan fingerprint density at radius 3 is 2.71 bits per heavy atom. The van der Waals surface area contributed by atoms with Gasteiger partial charge in [0.1, 0.15) is 0 Å². The Morgan fingerprint density at radius 2 is 1.97 bits per heavy atom. The number of pyridine rings is 1. The zero-order chi connectivity index (χ0) is 24.4. The molecule has 0 spiro atoms. The molecule has 1 saturated heterocycles. The van der Waals surface area contributed by atoms with Crippen LogP contribution in [0.15, 0.2) is 29.1 Å². The van der Waals surface area contributed by atoms with Crippen molar-refractivity contribution in [2.75, 3.05) is 6.61 Å². The quantitative estimate of drug-likeness (QED) is 0.512. The first kappa shape index (κ1) is 24.1. The van der Waals surface area contributed by atoms with Gasteiger partial charge in [0.25, 0.3) is 5.56 Å². The van der Waals surface area contributed by atoms with E-state index in [9.17, 15) is 4.79 Å². The van der Waals surface area contributed by atoms with Crippen LogP contribution >= 0.6 is 0 Å². The molecule has 1 aliphatic carbocycles. The summed E-state index contributed by atoms with van der Waals surface area (Å²) in [4.78, 5) is 18.8. The summed E-state index contributed by atoms with van der Waals surface area (Å²) in [7, 11) is 0. The lowest BCUT2D eigenvalue weighted by Gasteiger charge is -2.41. The molecule has 2 aliphatic rings. The number of H-pyrrole nitrogens is 1. The SMILES string of the molecule is Cc1ccc2cc(CN(C3CCCCC3)[C@H](c3nnnn3C[C@@H]3CCCO3)C(C)C)c(=O)[nH]c2c1. The van der Waals surface area contributed by atoms with E-state index in [0.29, 0.717) is 19.1 Å². The lowest BCUT2D eigenvalue weighted by atomic mass is 9.90. The topological polar surface area (TPSA) is 88.9 Å². The first-order valence-electron chi connectivity index (χ1n) is 13.3. The molecule has 8 heteroatoms. The molecule has 2 aromatic heterocycles. The maximum absolute atomic E-state index is 13.2. The molecule has 0 unspecified atom stereocenters. The van der Waals surface area contributed by atoms with Crippen molar-refractivity contribution >= 4 is 10.9 Å². The Labute approximate surface area is 207 Å². The highest BCUT2D eigenvalue weighted by Gasteiger charge is 2.35. The molecule has 2 atom stereocenters. The van der Waals surface area contributed by atoms with Crippen molar-refractivity contribution in [3.8, 4) is 0 Å². The third-order valence-corrected chi connectivity index (χ3v) is 7.69. The van der Waals surface area contributed by atoms with Crippen LogP contribution in [-0.4, -0.2) is 48.8 Å². The number of hydrogen-bond donors (Lipinski definition) is 1. The van der Waals surface area contributed by atoms with Gasteiger partial charge in [-0.2, -0.15) is 0 Å². The van der Waals surface area contributed by atoms with E-state index in [1.807, 2.05) is 17.7 Å². The van der Waals surface area contributed by atoms with Crippen LogP contribution in [0.25, 0.3) is 10.9 Å². The van der Waals surface area contributed by atoms with Crippen LogP contribution in [0.2, 0.25) is 0 Å². The number of tetrazole rings is 1. The monoisotopic (exact) mass is 478 g/mol. The van der Waals surface area contributed by atoms with Crippen LogP contribution in [-0.2, 0) is 17.8 Å². The van der Waals surface area contributed by atoms with Gasteiger partial charge in [0.2, 0.25) is 0 Å². The Hall–Kier alpha value is -2.58. The predicted molar refractivity (Wildman–Crippen MR) is 136 cm³/mol. The van der Waals surface area contributed by atoms with Crippen LogP contribution in [0, 0.1) is 12.8 Å². The van der Waals surface area contributed by atoms with Gasteiger partial charge < -0.3 is 9.72 Å². The maximum atomic E-state index is 13.2. The average molecular weight is 479 g/mol. The first-order chi connectivity index (χ1) is 17.0. The van der Waals surface area contributed by atoms with Gasteiger partial charge in [0.15, 0.2) is 5.82 Å². The van der Waals surface area contributed by atoms with Gasteiger partial charge in [-0.25, -0.2) is 4.68 Å². The minimum atomic E-state index is -0.00892. The van der Waals surface area contributed by atoms with Crippen molar-refractivity contribution in [1.29, 1.82) is 0 Å². The van der Waals surface area contributed by atoms with Crippen LogP contribution in [0.3, 0.4) is 0 Å². The number of aromatic amines is 1. The van der Waals surface area contributed by atoms with E-state index >= 15 is 0 Å². The molecule has 188 valence electrons. The molecule has 3 aromatic rings. The van der Waals surface area contributed by atoms with Crippen molar-refractivity contribution in [3.05, 3.63) is 51.6 Å². The summed E-state index contributed by atoms with van der Waals surface area (Å²) >= 11 is 0. The third kappa shape index (κ3) is 5.33. The maximum Gasteiger partial charge on any atom is 0.252 e. The van der Waals surface area contributed by atoms with Gasteiger partial charge >= 0.3 is 0 Å². The molecule has 1 N–H and O–H groups in total. The van der Waals surface area contributed by atoms with Gasteiger partial charge in [0, 0.05) is 30.3 Å². The highest BCUT2D eigenvalue weighted by molar-refractivity contribution is 5.79. The van der Waals surface area contributed by atoms with Crippen molar-refractivity contribution in [1.82, 2.24) is 30.1 Å². The second-order valence-corrected chi connectivity index (χ2v) is 10.7. The van der Waals surface area contributed by atoms with Crippen molar-refractivity contribution in [2.24, 2.45) is 5.92 Å². The number of nitrogens with one attached hydrogen (secondary N) is 1. The van der Waals surface area contributed by atoms with Gasteiger partial charge in [-0.05, 0) is 72.0 Å². The molecule has 1 aromatic carbocycles. The minimum absolute atomic E-state index is 0.00892. The van der Waals surface area contributed by atoms with Gasteiger partial charge in [0.05, 0.1) is 18.7 Å². The van der Waals surface area contributed by atoms with Crippen LogP contribution in [0.1, 0.15) is 81.8 Å². The van der Waals surface area contributed by atoms with Gasteiger partial charge in [-0.1, -0.05) is 45.2 Å². The van der Waals surface area contributed by atoms with Gasteiger partial charge in [-0.15, -0.1) is 5.10 Å². The molecule has 1 saturated carbocycles. The van der Waals surface area contributed by atoms with Crippen LogP contribution in [0.4, 0.5) is 0 Å². The molecule has 0 bridgehead atoms. The minimum Gasteiger partial charge on any atom is -0.376 e. The van der Waals surface area contributed by atoms with E-state index in [0.717, 1.165) is 60.1 Å². The fourth-order valence-electron chi connectivity index (χ4n) is 5.91. The Balaban J connectivity index is 1.51. The lowest BCUT2D eigenvalue weighted by molar-refractivity contribution is 0.0553. The van der Waals surface area contributed by atoms with E-state index in [2.05, 4.69) is 57.5 Å². The molecular weight excluding hydrogens is 440 g/mol. The highest BCUT2D eigenvalue weighted by Crippen LogP contribution is 2.35. The molecule has 0 radical (unpaired) electrons. The smallest absolute Gasteiger partial charge is 0.252 e. The predicted octanol–water partition coefficient (Wildman–Crippen LogP) is 4.53. The van der Waals surface area contributed by atoms with Crippen molar-refractivity contribution in [2.45, 2.75) is 97.0 Å². The number of aromatic nitrogens is 5.